The molecule has 2 heterocycles. The minimum absolute atomic E-state index is 0.165. The van der Waals surface area contributed by atoms with E-state index in [4.69, 9.17) is 5.11 Å². The van der Waals surface area contributed by atoms with Crippen molar-refractivity contribution in [1.29, 1.82) is 0 Å². The molecule has 0 spiro atoms. The van der Waals surface area contributed by atoms with Crippen molar-refractivity contribution in [2.45, 2.75) is 25.3 Å². The second-order valence-corrected chi connectivity index (χ2v) is 3.55. The predicted octanol–water partition coefficient (Wildman–Crippen LogP) is 0.402. The van der Waals surface area contributed by atoms with Crippen molar-refractivity contribution in [3.63, 3.8) is 0 Å². The zero-order valence-corrected chi connectivity index (χ0v) is 7.79. The monoisotopic (exact) mass is 195 g/mol. The van der Waals surface area contributed by atoms with Crippen molar-refractivity contribution >= 4 is 5.97 Å². The van der Waals surface area contributed by atoms with Gasteiger partial charge in [0.15, 0.2) is 0 Å². The van der Waals surface area contributed by atoms with Crippen LogP contribution in [0.15, 0.2) is 6.20 Å². The van der Waals surface area contributed by atoms with E-state index >= 15 is 0 Å². The molecule has 14 heavy (non-hydrogen) atoms. The number of nitrogens with one attached hydrogen (secondary N) is 2. The molecule has 76 valence electrons. The number of nitrogens with zero attached hydrogens (tertiary/aromatic N) is 1. The van der Waals surface area contributed by atoms with E-state index in [1.54, 1.807) is 0 Å². The van der Waals surface area contributed by atoms with Gasteiger partial charge in [0.25, 0.3) is 0 Å². The molecule has 1 unspecified atom stereocenters. The van der Waals surface area contributed by atoms with Crippen LogP contribution in [0, 0.1) is 0 Å². The Morgan fingerprint density at radius 1 is 1.71 bits per heavy atom. The normalized spacial score (nSPS) is 21.3. The van der Waals surface area contributed by atoms with Crippen LogP contribution in [0.4, 0.5) is 0 Å². The Kier molecular flexibility index (Phi) is 2.49. The fourth-order valence-electron chi connectivity index (χ4n) is 1.74. The number of aromatic nitrogens is 2. The minimum Gasteiger partial charge on any atom is -0.477 e. The summed E-state index contributed by atoms with van der Waals surface area (Å²) >= 11 is 0. The first-order valence-corrected chi connectivity index (χ1v) is 4.76. The lowest BCUT2D eigenvalue weighted by Crippen LogP contribution is -2.24. The first-order valence-electron chi connectivity index (χ1n) is 4.76. The number of imidazole rings is 1. The van der Waals surface area contributed by atoms with Crippen molar-refractivity contribution in [3.05, 3.63) is 17.7 Å². The molecule has 0 radical (unpaired) electrons. The molecule has 1 aromatic rings. The topological polar surface area (TPSA) is 78.0 Å². The van der Waals surface area contributed by atoms with Crippen molar-refractivity contribution in [3.8, 4) is 0 Å². The van der Waals surface area contributed by atoms with Crippen molar-refractivity contribution in [1.82, 2.24) is 15.3 Å². The third kappa shape index (κ3) is 1.93. The van der Waals surface area contributed by atoms with E-state index in [1.165, 1.54) is 12.6 Å². The molecule has 1 fully saturated rings. The Morgan fingerprint density at radius 2 is 2.57 bits per heavy atom. The quantitative estimate of drug-likeness (QED) is 0.652. The summed E-state index contributed by atoms with van der Waals surface area (Å²) in [5, 5.41) is 12.0. The molecule has 0 aromatic carbocycles. The summed E-state index contributed by atoms with van der Waals surface area (Å²) in [6.45, 7) is 1.05. The van der Waals surface area contributed by atoms with Crippen LogP contribution in [0.3, 0.4) is 0 Å². The van der Waals surface area contributed by atoms with Gasteiger partial charge in [-0.25, -0.2) is 9.78 Å². The van der Waals surface area contributed by atoms with E-state index in [0.717, 1.165) is 25.2 Å². The standard InChI is InChI=1S/C9H13N3O2/c13-9(14)7-5-11-8(12-7)4-6-2-1-3-10-6/h5-6,10H,1-4H2,(H,11,12)(H,13,14). The Balaban J connectivity index is 1.98. The highest BCUT2D eigenvalue weighted by Gasteiger charge is 2.16. The van der Waals surface area contributed by atoms with E-state index in [9.17, 15) is 4.79 Å². The summed E-state index contributed by atoms with van der Waals surface area (Å²) in [5.41, 5.74) is 0.165. The van der Waals surface area contributed by atoms with E-state index in [-0.39, 0.29) is 5.69 Å². The number of hydrogen-bond donors (Lipinski definition) is 3. The van der Waals surface area contributed by atoms with E-state index < -0.39 is 5.97 Å². The zero-order valence-electron chi connectivity index (χ0n) is 7.79. The molecule has 0 saturated carbocycles. The minimum atomic E-state index is -0.955. The number of carboxylic acids is 1. The van der Waals surface area contributed by atoms with Crippen LogP contribution < -0.4 is 5.32 Å². The van der Waals surface area contributed by atoms with Crippen LogP contribution in [0.25, 0.3) is 0 Å². The first kappa shape index (κ1) is 9.21. The van der Waals surface area contributed by atoms with Crippen LogP contribution >= 0.6 is 0 Å². The molecule has 1 aliphatic heterocycles. The fraction of sp³-hybridized carbons (Fsp3) is 0.556. The van der Waals surface area contributed by atoms with Gasteiger partial charge in [0.05, 0.1) is 6.20 Å². The second-order valence-electron chi connectivity index (χ2n) is 3.55. The summed E-state index contributed by atoms with van der Waals surface area (Å²) < 4.78 is 0. The number of rotatable bonds is 3. The maximum absolute atomic E-state index is 10.6. The molecule has 1 aromatic heterocycles. The van der Waals surface area contributed by atoms with E-state index in [0.29, 0.717) is 6.04 Å². The third-order valence-corrected chi connectivity index (χ3v) is 2.46. The van der Waals surface area contributed by atoms with Crippen LogP contribution in [-0.2, 0) is 6.42 Å². The fourth-order valence-corrected chi connectivity index (χ4v) is 1.74. The number of aromatic carboxylic acids is 1. The summed E-state index contributed by atoms with van der Waals surface area (Å²) in [6, 6.07) is 0.447. The number of carboxylic acid groups (broad SMARTS) is 1. The molecule has 1 saturated heterocycles. The lowest BCUT2D eigenvalue weighted by atomic mass is 10.1. The third-order valence-electron chi connectivity index (χ3n) is 2.46. The lowest BCUT2D eigenvalue weighted by molar-refractivity contribution is 0.0691. The van der Waals surface area contributed by atoms with Crippen LogP contribution in [0.5, 0.6) is 0 Å². The van der Waals surface area contributed by atoms with E-state index in [2.05, 4.69) is 15.3 Å². The largest absolute Gasteiger partial charge is 0.477 e. The molecule has 1 aliphatic rings. The summed E-state index contributed by atoms with van der Waals surface area (Å²) in [6.07, 6.45) is 4.49. The van der Waals surface area contributed by atoms with Gasteiger partial charge in [-0.05, 0) is 19.4 Å². The number of carbonyl (C=O) groups is 1. The maximum atomic E-state index is 10.6. The highest BCUT2D eigenvalue weighted by molar-refractivity contribution is 5.84. The Bertz CT molecular complexity index is 329. The van der Waals surface area contributed by atoms with Gasteiger partial charge in [-0.15, -0.1) is 0 Å². The summed E-state index contributed by atoms with van der Waals surface area (Å²) in [7, 11) is 0. The molecule has 2 rings (SSSR count). The molecule has 3 N–H and O–H groups in total. The van der Waals surface area contributed by atoms with Gasteiger partial charge in [0.1, 0.15) is 11.5 Å². The summed E-state index contributed by atoms with van der Waals surface area (Å²) in [4.78, 5) is 17.4. The van der Waals surface area contributed by atoms with Gasteiger partial charge >= 0.3 is 5.97 Å². The smallest absolute Gasteiger partial charge is 0.353 e. The molecule has 0 aliphatic carbocycles. The molecule has 5 heteroatoms. The van der Waals surface area contributed by atoms with Gasteiger partial charge < -0.3 is 15.4 Å². The predicted molar refractivity (Wildman–Crippen MR) is 50.3 cm³/mol. The molecule has 0 bridgehead atoms. The lowest BCUT2D eigenvalue weighted by Gasteiger charge is -2.06. The Labute approximate surface area is 81.5 Å². The second kappa shape index (κ2) is 3.79. The Hall–Kier alpha value is -1.36. The molecule has 1 atom stereocenters. The molecule has 5 nitrogen and oxygen atoms in total. The van der Waals surface area contributed by atoms with Gasteiger partial charge in [-0.1, -0.05) is 0 Å². The number of H-pyrrole nitrogens is 1. The summed E-state index contributed by atoms with van der Waals surface area (Å²) in [5.74, 6) is -0.204. The molecular weight excluding hydrogens is 182 g/mol. The molecular formula is C9H13N3O2. The average Bonchev–Trinajstić information content (AvgIpc) is 2.75. The average molecular weight is 195 g/mol. The van der Waals surface area contributed by atoms with Gasteiger partial charge in [0, 0.05) is 12.5 Å². The van der Waals surface area contributed by atoms with Crippen LogP contribution in [0.2, 0.25) is 0 Å². The maximum Gasteiger partial charge on any atom is 0.353 e. The van der Waals surface area contributed by atoms with Gasteiger partial charge in [-0.3, -0.25) is 0 Å². The van der Waals surface area contributed by atoms with Gasteiger partial charge in [-0.2, -0.15) is 0 Å². The van der Waals surface area contributed by atoms with Crippen LogP contribution in [0.1, 0.15) is 29.2 Å². The number of aromatic amines is 1. The SMILES string of the molecule is O=C(O)c1cnc(CC2CCCN2)[nH]1. The van der Waals surface area contributed by atoms with Crippen LogP contribution in [-0.4, -0.2) is 33.6 Å². The highest BCUT2D eigenvalue weighted by atomic mass is 16.4. The van der Waals surface area contributed by atoms with Gasteiger partial charge in [0.2, 0.25) is 0 Å². The van der Waals surface area contributed by atoms with E-state index in [1.807, 2.05) is 0 Å². The highest BCUT2D eigenvalue weighted by Crippen LogP contribution is 2.09. The molecule has 0 amide bonds. The Morgan fingerprint density at radius 3 is 3.14 bits per heavy atom. The van der Waals surface area contributed by atoms with Crippen molar-refractivity contribution < 1.29 is 9.90 Å². The van der Waals surface area contributed by atoms with Crippen molar-refractivity contribution in [2.24, 2.45) is 0 Å². The number of hydrogen-bond acceptors (Lipinski definition) is 3. The zero-order chi connectivity index (χ0) is 9.97. The van der Waals surface area contributed by atoms with Crippen molar-refractivity contribution in [2.75, 3.05) is 6.54 Å². The first-order chi connectivity index (χ1) is 6.75.